The number of hydrogen-bond donors (Lipinski definition) is 0. The minimum atomic E-state index is -4.45. The Balaban J connectivity index is 1.97. The van der Waals surface area contributed by atoms with Gasteiger partial charge in [0, 0.05) is 17.3 Å². The maximum Gasteiger partial charge on any atom is 0.416 e. The Bertz CT molecular complexity index is 1050. The Morgan fingerprint density at radius 1 is 1.07 bits per heavy atom. The molecule has 5 nitrogen and oxygen atoms in total. The average Bonchev–Trinajstić information content (AvgIpc) is 3.17. The second-order valence-corrected chi connectivity index (χ2v) is 6.04. The maximum absolute atomic E-state index is 12.9. The third-order valence-corrected chi connectivity index (χ3v) is 4.18. The topological polar surface area (TPSA) is 61.2 Å². The third-order valence-electron chi connectivity index (χ3n) is 4.18. The van der Waals surface area contributed by atoms with Crippen molar-refractivity contribution < 1.29 is 27.5 Å². The van der Waals surface area contributed by atoms with Crippen molar-refractivity contribution in [1.82, 2.24) is 9.78 Å². The van der Waals surface area contributed by atoms with E-state index in [4.69, 9.17) is 0 Å². The lowest BCUT2D eigenvalue weighted by atomic mass is 10.00. The molecular weight excluding hydrogens is 373 g/mol. The number of carbonyl (C=O) groups excluding carboxylic acids is 2. The van der Waals surface area contributed by atoms with Crippen LogP contribution < -0.4 is 0 Å². The molecule has 144 valence electrons. The first-order valence-corrected chi connectivity index (χ1v) is 8.17. The molecule has 0 spiro atoms. The molecule has 0 aliphatic heterocycles. The molecule has 8 heteroatoms. The van der Waals surface area contributed by atoms with Crippen molar-refractivity contribution >= 4 is 11.8 Å². The van der Waals surface area contributed by atoms with Crippen molar-refractivity contribution in [2.75, 3.05) is 7.11 Å². The third kappa shape index (κ3) is 3.80. The summed E-state index contributed by atoms with van der Waals surface area (Å²) < 4.78 is 44.5. The lowest BCUT2D eigenvalue weighted by molar-refractivity contribution is -0.137. The number of nitrogens with zero attached hydrogens (tertiary/aromatic N) is 2. The fraction of sp³-hybridized carbons (Fsp3) is 0.150. The van der Waals surface area contributed by atoms with Crippen LogP contribution in [0.1, 0.15) is 21.5 Å². The summed E-state index contributed by atoms with van der Waals surface area (Å²) >= 11 is 0. The molecule has 28 heavy (non-hydrogen) atoms. The molecule has 3 aromatic rings. The number of benzene rings is 2. The Morgan fingerprint density at radius 2 is 1.82 bits per heavy atom. The van der Waals surface area contributed by atoms with Crippen LogP contribution in [0.5, 0.6) is 0 Å². The van der Waals surface area contributed by atoms with Gasteiger partial charge in [-0.3, -0.25) is 4.79 Å². The van der Waals surface area contributed by atoms with Gasteiger partial charge in [-0.2, -0.15) is 18.3 Å². The van der Waals surface area contributed by atoms with Crippen LogP contribution in [-0.4, -0.2) is 28.6 Å². The monoisotopic (exact) mass is 388 g/mol. The molecule has 0 amide bonds. The predicted molar refractivity (Wildman–Crippen MR) is 95.1 cm³/mol. The standard InChI is InChI=1S/C20H15F3N2O3/c1-12-6-7-13(10-16(12)18(26)19(27)28-2)17-8-9-25(24-17)15-5-3-4-14(11-15)20(21,22)23/h3-11H,1-2H3. The minimum Gasteiger partial charge on any atom is -0.463 e. The first kappa shape index (κ1) is 19.3. The van der Waals surface area contributed by atoms with Gasteiger partial charge < -0.3 is 4.74 Å². The highest BCUT2D eigenvalue weighted by atomic mass is 19.4. The number of aromatic nitrogens is 2. The van der Waals surface area contributed by atoms with Crippen molar-refractivity contribution in [3.63, 3.8) is 0 Å². The summed E-state index contributed by atoms with van der Waals surface area (Å²) in [5.41, 5.74) is 1.23. The highest BCUT2D eigenvalue weighted by molar-refractivity contribution is 6.41. The van der Waals surface area contributed by atoms with Crippen LogP contribution in [0.2, 0.25) is 0 Å². The molecule has 0 saturated heterocycles. The van der Waals surface area contributed by atoms with E-state index >= 15 is 0 Å². The van der Waals surface area contributed by atoms with Gasteiger partial charge in [0.15, 0.2) is 0 Å². The van der Waals surface area contributed by atoms with E-state index in [1.807, 2.05) is 0 Å². The van der Waals surface area contributed by atoms with Crippen LogP contribution in [0.3, 0.4) is 0 Å². The minimum absolute atomic E-state index is 0.179. The number of hydrogen-bond acceptors (Lipinski definition) is 4. The van der Waals surface area contributed by atoms with E-state index in [2.05, 4.69) is 9.84 Å². The SMILES string of the molecule is COC(=O)C(=O)c1cc(-c2ccn(-c3cccc(C(F)(F)F)c3)n2)ccc1C. The Morgan fingerprint density at radius 3 is 2.50 bits per heavy atom. The number of rotatable bonds is 4. The van der Waals surface area contributed by atoms with Crippen LogP contribution in [0.15, 0.2) is 54.7 Å². The molecule has 0 saturated carbocycles. The van der Waals surface area contributed by atoms with Gasteiger partial charge in [-0.05, 0) is 42.8 Å². The number of aryl methyl sites for hydroxylation is 1. The van der Waals surface area contributed by atoms with Gasteiger partial charge in [0.2, 0.25) is 0 Å². The maximum atomic E-state index is 12.9. The first-order chi connectivity index (χ1) is 13.2. The molecule has 1 aromatic heterocycles. The molecule has 0 radical (unpaired) electrons. The number of esters is 1. The zero-order chi connectivity index (χ0) is 20.5. The Labute approximate surface area is 158 Å². The van der Waals surface area contributed by atoms with E-state index < -0.39 is 23.5 Å². The molecule has 3 rings (SSSR count). The molecule has 1 heterocycles. The number of alkyl halides is 3. The van der Waals surface area contributed by atoms with Crippen molar-refractivity contribution in [2.24, 2.45) is 0 Å². The Hall–Kier alpha value is -3.42. The summed E-state index contributed by atoms with van der Waals surface area (Å²) in [4.78, 5) is 23.7. The van der Waals surface area contributed by atoms with E-state index in [9.17, 15) is 22.8 Å². The van der Waals surface area contributed by atoms with Gasteiger partial charge in [-0.25, -0.2) is 9.48 Å². The zero-order valence-corrected chi connectivity index (χ0v) is 14.9. The molecule has 2 aromatic carbocycles. The van der Waals surface area contributed by atoms with Crippen LogP contribution in [0, 0.1) is 6.92 Å². The zero-order valence-electron chi connectivity index (χ0n) is 14.9. The van der Waals surface area contributed by atoms with Crippen molar-refractivity contribution in [3.05, 3.63) is 71.4 Å². The number of Topliss-reactive ketones (excluding diaryl/α,β-unsaturated/α-hetero) is 1. The fourth-order valence-electron chi connectivity index (χ4n) is 2.68. The average molecular weight is 388 g/mol. The van der Waals surface area contributed by atoms with Gasteiger partial charge in [0.1, 0.15) is 0 Å². The van der Waals surface area contributed by atoms with Crippen molar-refractivity contribution in [2.45, 2.75) is 13.1 Å². The second-order valence-electron chi connectivity index (χ2n) is 6.04. The smallest absolute Gasteiger partial charge is 0.416 e. The normalized spacial score (nSPS) is 11.3. The Kier molecular flexibility index (Phi) is 5.04. The molecule has 0 aliphatic carbocycles. The van der Waals surface area contributed by atoms with E-state index in [-0.39, 0.29) is 11.3 Å². The summed E-state index contributed by atoms with van der Waals surface area (Å²) in [5, 5.41) is 4.29. The fourth-order valence-corrected chi connectivity index (χ4v) is 2.68. The summed E-state index contributed by atoms with van der Waals surface area (Å²) in [6, 6.07) is 11.3. The van der Waals surface area contributed by atoms with Crippen molar-refractivity contribution in [3.8, 4) is 16.9 Å². The highest BCUT2D eigenvalue weighted by Gasteiger charge is 2.30. The molecule has 0 bridgehead atoms. The van der Waals surface area contributed by atoms with Crippen LogP contribution in [0.25, 0.3) is 16.9 Å². The number of halogens is 3. The predicted octanol–water partition coefficient (Wildman–Crippen LogP) is 4.22. The highest BCUT2D eigenvalue weighted by Crippen LogP contribution is 2.30. The van der Waals surface area contributed by atoms with E-state index in [0.29, 0.717) is 16.8 Å². The van der Waals surface area contributed by atoms with Crippen LogP contribution in [-0.2, 0) is 15.7 Å². The lowest BCUT2D eigenvalue weighted by Crippen LogP contribution is -2.16. The van der Waals surface area contributed by atoms with E-state index in [1.165, 1.54) is 29.1 Å². The number of ether oxygens (including phenoxy) is 1. The lowest BCUT2D eigenvalue weighted by Gasteiger charge is -2.09. The molecule has 0 N–H and O–H groups in total. The summed E-state index contributed by atoms with van der Waals surface area (Å²) in [7, 11) is 1.12. The van der Waals surface area contributed by atoms with Gasteiger partial charge in [-0.15, -0.1) is 0 Å². The van der Waals surface area contributed by atoms with E-state index in [0.717, 1.165) is 19.2 Å². The summed E-state index contributed by atoms with van der Waals surface area (Å²) in [6.07, 6.45) is -2.93. The quantitative estimate of drug-likeness (QED) is 0.381. The molecule has 0 unspecified atom stereocenters. The number of carbonyl (C=O) groups is 2. The van der Waals surface area contributed by atoms with Gasteiger partial charge in [0.05, 0.1) is 24.1 Å². The van der Waals surface area contributed by atoms with E-state index in [1.54, 1.807) is 25.1 Å². The van der Waals surface area contributed by atoms with Gasteiger partial charge in [-0.1, -0.05) is 18.2 Å². The van der Waals surface area contributed by atoms with Gasteiger partial charge in [0.25, 0.3) is 5.78 Å². The van der Waals surface area contributed by atoms with Gasteiger partial charge >= 0.3 is 12.1 Å². The van der Waals surface area contributed by atoms with Crippen LogP contribution >= 0.6 is 0 Å². The first-order valence-electron chi connectivity index (χ1n) is 8.17. The molecule has 0 fully saturated rings. The van der Waals surface area contributed by atoms with Crippen LogP contribution in [0.4, 0.5) is 13.2 Å². The number of ketones is 1. The second kappa shape index (κ2) is 7.30. The largest absolute Gasteiger partial charge is 0.463 e. The molecule has 0 atom stereocenters. The summed E-state index contributed by atoms with van der Waals surface area (Å²) in [5.74, 6) is -1.76. The number of methoxy groups -OCH3 is 1. The molecule has 0 aliphatic rings. The molecular formula is C20H15F3N2O3. The summed E-state index contributed by atoms with van der Waals surface area (Å²) in [6.45, 7) is 1.68. The van der Waals surface area contributed by atoms with Crippen molar-refractivity contribution in [1.29, 1.82) is 0 Å².